The molecule has 0 spiro atoms. The third-order valence-electron chi connectivity index (χ3n) is 6.79. The molecular formula is C28H28N8O4S. The minimum absolute atomic E-state index is 0.108. The van der Waals surface area contributed by atoms with Crippen LogP contribution >= 0.6 is 0 Å². The summed E-state index contributed by atoms with van der Waals surface area (Å²) in [5.41, 5.74) is 3.85. The van der Waals surface area contributed by atoms with Crippen molar-refractivity contribution in [3.63, 3.8) is 0 Å². The van der Waals surface area contributed by atoms with Gasteiger partial charge in [0.2, 0.25) is 5.89 Å². The topological polar surface area (TPSA) is 152 Å². The van der Waals surface area contributed by atoms with Crippen LogP contribution in [0.1, 0.15) is 16.2 Å². The van der Waals surface area contributed by atoms with E-state index >= 15 is 0 Å². The number of benzene rings is 1. The number of oxazole rings is 1. The molecule has 5 aromatic rings. The molecule has 13 heteroatoms. The molecule has 0 aliphatic carbocycles. The molecule has 5 heterocycles. The lowest BCUT2D eigenvalue weighted by molar-refractivity contribution is 0.102. The summed E-state index contributed by atoms with van der Waals surface area (Å²) in [5, 5.41) is 8.48. The van der Waals surface area contributed by atoms with Gasteiger partial charge in [0, 0.05) is 54.5 Å². The maximum atomic E-state index is 13.3. The number of ether oxygens (including phenoxy) is 1. The van der Waals surface area contributed by atoms with E-state index in [1.54, 1.807) is 29.1 Å². The minimum atomic E-state index is -3.00. The highest BCUT2D eigenvalue weighted by atomic mass is 32.2. The number of rotatable bonds is 8. The first-order chi connectivity index (χ1) is 19.9. The number of hydrogen-bond donors (Lipinski definition) is 2. The second-order valence-electron chi connectivity index (χ2n) is 9.66. The van der Waals surface area contributed by atoms with Crippen LogP contribution in [-0.4, -0.2) is 66.9 Å². The van der Waals surface area contributed by atoms with E-state index in [4.69, 9.17) is 13.9 Å². The fourth-order valence-electron chi connectivity index (χ4n) is 4.67. The average Bonchev–Trinajstić information content (AvgIpc) is 3.64. The molecule has 6 rings (SSSR count). The summed E-state index contributed by atoms with van der Waals surface area (Å²) in [6.07, 6.45) is 7.91. The van der Waals surface area contributed by atoms with E-state index in [-0.39, 0.29) is 11.4 Å². The van der Waals surface area contributed by atoms with Crippen LogP contribution in [-0.2, 0) is 21.0 Å². The van der Waals surface area contributed by atoms with Gasteiger partial charge in [0.05, 0.1) is 57.0 Å². The summed E-state index contributed by atoms with van der Waals surface area (Å²) in [7, 11) is -3.00. The van der Waals surface area contributed by atoms with E-state index in [2.05, 4.69) is 30.3 Å². The molecule has 1 unspecified atom stereocenters. The van der Waals surface area contributed by atoms with Gasteiger partial charge < -0.3 is 19.4 Å². The Morgan fingerprint density at radius 3 is 2.71 bits per heavy atom. The number of carbonyl (C=O) groups excluding carboxylic acids is 1. The van der Waals surface area contributed by atoms with Gasteiger partial charge in [-0.2, -0.15) is 5.10 Å². The van der Waals surface area contributed by atoms with Crippen molar-refractivity contribution in [2.45, 2.75) is 18.4 Å². The number of fused-ring (bicyclic) bond motifs is 1. The minimum Gasteiger partial charge on any atom is -0.444 e. The van der Waals surface area contributed by atoms with Gasteiger partial charge in [-0.05, 0) is 43.3 Å². The number of amides is 1. The molecule has 1 aromatic carbocycles. The van der Waals surface area contributed by atoms with E-state index in [0.29, 0.717) is 49.3 Å². The molecular weight excluding hydrogens is 544 g/mol. The second kappa shape index (κ2) is 11.1. The Bertz CT molecular complexity index is 1810. The van der Waals surface area contributed by atoms with Crippen LogP contribution in [0.4, 0.5) is 11.4 Å². The highest BCUT2D eigenvalue weighted by Crippen LogP contribution is 2.32. The first-order valence-corrected chi connectivity index (χ1v) is 14.8. The van der Waals surface area contributed by atoms with Gasteiger partial charge in [0.25, 0.3) is 5.91 Å². The smallest absolute Gasteiger partial charge is 0.277 e. The highest BCUT2D eigenvalue weighted by Gasteiger charge is 2.21. The van der Waals surface area contributed by atoms with Crippen molar-refractivity contribution in [3.05, 3.63) is 78.8 Å². The molecule has 210 valence electrons. The van der Waals surface area contributed by atoms with Gasteiger partial charge in [-0.1, -0.05) is 0 Å². The number of anilines is 2. The largest absolute Gasteiger partial charge is 0.444 e. The molecule has 1 amide bonds. The Morgan fingerprint density at radius 2 is 1.93 bits per heavy atom. The summed E-state index contributed by atoms with van der Waals surface area (Å²) in [4.78, 5) is 28.4. The number of hydrogen-bond acceptors (Lipinski definition) is 10. The molecule has 1 aliphatic rings. The quantitative estimate of drug-likeness (QED) is 0.281. The van der Waals surface area contributed by atoms with Crippen molar-refractivity contribution in [2.75, 3.05) is 42.3 Å². The van der Waals surface area contributed by atoms with Gasteiger partial charge in [-0.15, -0.1) is 0 Å². The summed E-state index contributed by atoms with van der Waals surface area (Å²) >= 11 is 0. The first-order valence-electron chi connectivity index (χ1n) is 13.1. The van der Waals surface area contributed by atoms with E-state index in [0.717, 1.165) is 27.8 Å². The zero-order valence-electron chi connectivity index (χ0n) is 22.3. The lowest BCUT2D eigenvalue weighted by Gasteiger charge is -2.30. The van der Waals surface area contributed by atoms with Crippen LogP contribution in [0.15, 0.2) is 76.8 Å². The maximum absolute atomic E-state index is 13.3. The van der Waals surface area contributed by atoms with Crippen molar-refractivity contribution in [2.24, 2.45) is 0 Å². The monoisotopic (exact) mass is 572 g/mol. The number of aryl methyl sites for hydroxylation is 2. The van der Waals surface area contributed by atoms with E-state index < -0.39 is 15.6 Å². The van der Waals surface area contributed by atoms with Crippen LogP contribution in [0.25, 0.3) is 22.4 Å². The Morgan fingerprint density at radius 1 is 1.12 bits per heavy atom. The van der Waals surface area contributed by atoms with Crippen molar-refractivity contribution < 1.29 is 18.2 Å². The van der Waals surface area contributed by atoms with E-state index in [9.17, 15) is 9.00 Å². The summed E-state index contributed by atoms with van der Waals surface area (Å²) in [6.45, 7) is 4.64. The van der Waals surface area contributed by atoms with Gasteiger partial charge in [0.15, 0.2) is 5.69 Å². The summed E-state index contributed by atoms with van der Waals surface area (Å²) < 4.78 is 34.1. The Balaban J connectivity index is 1.27. The molecule has 1 aliphatic heterocycles. The van der Waals surface area contributed by atoms with Crippen LogP contribution in [0.5, 0.6) is 0 Å². The molecule has 12 nitrogen and oxygen atoms in total. The first kappa shape index (κ1) is 26.6. The second-order valence-corrected chi connectivity index (χ2v) is 11.9. The van der Waals surface area contributed by atoms with Crippen molar-refractivity contribution in [1.29, 1.82) is 4.78 Å². The zero-order chi connectivity index (χ0) is 28.4. The van der Waals surface area contributed by atoms with E-state index in [1.807, 2.05) is 31.3 Å². The van der Waals surface area contributed by atoms with Gasteiger partial charge in [-0.3, -0.25) is 19.4 Å². The van der Waals surface area contributed by atoms with Gasteiger partial charge in [-0.25, -0.2) is 14.0 Å². The van der Waals surface area contributed by atoms with Crippen molar-refractivity contribution in [1.82, 2.24) is 24.7 Å². The van der Waals surface area contributed by atoms with Crippen LogP contribution in [0, 0.1) is 11.7 Å². The van der Waals surface area contributed by atoms with Gasteiger partial charge >= 0.3 is 0 Å². The van der Waals surface area contributed by atoms with Gasteiger partial charge in [0.1, 0.15) is 6.26 Å². The number of carbonyl (C=O) groups is 1. The normalized spacial score (nSPS) is 15.1. The average molecular weight is 573 g/mol. The lowest BCUT2D eigenvalue weighted by atomic mass is 10.1. The number of aromatic nitrogens is 5. The molecule has 1 fully saturated rings. The predicted octanol–water partition coefficient (Wildman–Crippen LogP) is 3.98. The fraction of sp³-hybridized carbons (Fsp3) is 0.250. The molecule has 0 saturated carbocycles. The molecule has 0 radical (unpaired) electrons. The number of nitrogens with zero attached hydrogens (tertiary/aromatic N) is 6. The molecule has 0 bridgehead atoms. The third kappa shape index (κ3) is 5.81. The summed E-state index contributed by atoms with van der Waals surface area (Å²) in [5.74, 6) is 0.0398. The molecule has 1 saturated heterocycles. The van der Waals surface area contributed by atoms with Crippen molar-refractivity contribution in [3.8, 4) is 11.5 Å². The Hall–Kier alpha value is -4.62. The lowest BCUT2D eigenvalue weighted by Crippen LogP contribution is -2.36. The predicted molar refractivity (Wildman–Crippen MR) is 153 cm³/mol. The SMILES string of the molecule is Cc1cc(-c2nc(C(=O)Nc3cc4cn(CCS(=N)(=O)c5ccncc5)nc4cc3N3CCOCC3)co2)ccn1. The Kier molecular flexibility index (Phi) is 7.20. The zero-order valence-corrected chi connectivity index (χ0v) is 23.1. The number of pyridine rings is 2. The van der Waals surface area contributed by atoms with Crippen molar-refractivity contribution >= 4 is 37.9 Å². The van der Waals surface area contributed by atoms with Crippen LogP contribution in [0.2, 0.25) is 0 Å². The highest BCUT2D eigenvalue weighted by molar-refractivity contribution is 7.92. The number of morpholine rings is 1. The standard InChI is InChI=1S/C28H28N8O4S/c1-19-14-20(2-7-31-19)28-33-25(18-40-28)27(37)32-24-15-21-17-36(10-13-41(29,38)22-3-5-30-6-4-22)34-23(21)16-26(24)35-8-11-39-12-9-35/h2-7,14-18,29H,8-13H2,1H3,(H,32,37). The van der Waals surface area contributed by atoms with E-state index in [1.165, 1.54) is 18.7 Å². The molecule has 4 aromatic heterocycles. The maximum Gasteiger partial charge on any atom is 0.277 e. The number of nitrogens with one attached hydrogen (secondary N) is 2. The summed E-state index contributed by atoms with van der Waals surface area (Å²) in [6, 6.07) is 10.6. The molecule has 1 atom stereocenters. The molecule has 2 N–H and O–H groups in total. The van der Waals surface area contributed by atoms with Crippen LogP contribution < -0.4 is 10.2 Å². The third-order valence-corrected chi connectivity index (χ3v) is 8.58. The Labute approximate surface area is 236 Å². The fourth-order valence-corrected chi connectivity index (χ4v) is 5.91. The van der Waals surface area contributed by atoms with Crippen LogP contribution in [0.3, 0.4) is 0 Å². The molecule has 41 heavy (non-hydrogen) atoms.